The van der Waals surface area contributed by atoms with Crippen molar-refractivity contribution >= 4 is 17.7 Å². The molecule has 3 fully saturated rings. The number of benzene rings is 1. The Hall–Kier alpha value is -2.57. The van der Waals surface area contributed by atoms with Crippen molar-refractivity contribution in [3.8, 4) is 5.75 Å². The molecule has 0 aromatic heterocycles. The molecule has 2 aliphatic heterocycles. The number of methoxy groups -OCH3 is 1. The second kappa shape index (κ2) is 9.71. The first-order valence-corrected chi connectivity index (χ1v) is 11.6. The van der Waals surface area contributed by atoms with Crippen LogP contribution < -0.4 is 10.1 Å². The molecule has 1 aromatic carbocycles. The van der Waals surface area contributed by atoms with Gasteiger partial charge in [0.2, 0.25) is 11.8 Å². The fourth-order valence-electron chi connectivity index (χ4n) is 4.68. The number of nitrogens with zero attached hydrogens (tertiary/aromatic N) is 2. The van der Waals surface area contributed by atoms with E-state index in [-0.39, 0.29) is 29.6 Å². The number of carbonyl (C=O) groups is 3. The van der Waals surface area contributed by atoms with Crippen LogP contribution in [0.2, 0.25) is 0 Å². The van der Waals surface area contributed by atoms with Gasteiger partial charge in [-0.25, -0.2) is 0 Å². The van der Waals surface area contributed by atoms with Crippen LogP contribution in [0.1, 0.15) is 55.3 Å². The third-order valence-electron chi connectivity index (χ3n) is 6.79. The number of piperidine rings is 2. The van der Waals surface area contributed by atoms with Crippen molar-refractivity contribution in [1.82, 2.24) is 15.1 Å². The molecule has 4 rings (SSSR count). The first kappa shape index (κ1) is 21.7. The average Bonchev–Trinajstić information content (AvgIpc) is 3.68. The number of ether oxygens (including phenoxy) is 1. The highest BCUT2D eigenvalue weighted by atomic mass is 16.5. The van der Waals surface area contributed by atoms with E-state index in [2.05, 4.69) is 5.32 Å². The first-order chi connectivity index (χ1) is 15.1. The third-order valence-corrected chi connectivity index (χ3v) is 6.79. The summed E-state index contributed by atoms with van der Waals surface area (Å²) in [6.45, 7) is 2.73. The Kier molecular flexibility index (Phi) is 6.78. The lowest BCUT2D eigenvalue weighted by molar-refractivity contribution is -0.139. The fourth-order valence-corrected chi connectivity index (χ4v) is 4.68. The van der Waals surface area contributed by atoms with Gasteiger partial charge in [-0.1, -0.05) is 6.07 Å². The van der Waals surface area contributed by atoms with Gasteiger partial charge in [0.1, 0.15) is 11.8 Å². The van der Waals surface area contributed by atoms with E-state index in [1.807, 2.05) is 21.9 Å². The third kappa shape index (κ3) is 5.20. The summed E-state index contributed by atoms with van der Waals surface area (Å²) >= 11 is 0. The standard InChI is InChI=1S/C24H33N3O4/c1-31-20-7-5-6-19(16-20)23(29)27-14-10-17(11-15-27)21(25-22(28)18-8-9-18)24(30)26-12-3-2-4-13-26/h5-7,16-18,21H,2-4,8-15H2,1H3,(H,25,28). The van der Waals surface area contributed by atoms with E-state index < -0.39 is 6.04 Å². The summed E-state index contributed by atoms with van der Waals surface area (Å²) in [7, 11) is 1.59. The first-order valence-electron chi connectivity index (χ1n) is 11.6. The van der Waals surface area contributed by atoms with Gasteiger partial charge in [-0.05, 0) is 69.1 Å². The van der Waals surface area contributed by atoms with E-state index >= 15 is 0 Å². The predicted octanol–water partition coefficient (Wildman–Crippen LogP) is 2.45. The Labute approximate surface area is 184 Å². The van der Waals surface area contributed by atoms with Crippen molar-refractivity contribution in [1.29, 1.82) is 0 Å². The topological polar surface area (TPSA) is 79.0 Å². The smallest absolute Gasteiger partial charge is 0.253 e. The maximum absolute atomic E-state index is 13.3. The van der Waals surface area contributed by atoms with Crippen LogP contribution in [0.4, 0.5) is 0 Å². The lowest BCUT2D eigenvalue weighted by Crippen LogP contribution is -2.55. The minimum absolute atomic E-state index is 0.0155. The fraction of sp³-hybridized carbons (Fsp3) is 0.625. The van der Waals surface area contributed by atoms with Crippen LogP contribution in [0.15, 0.2) is 24.3 Å². The zero-order chi connectivity index (χ0) is 21.8. The molecule has 3 aliphatic rings. The highest BCUT2D eigenvalue weighted by molar-refractivity contribution is 5.94. The van der Waals surface area contributed by atoms with Gasteiger partial charge in [0, 0.05) is 37.7 Å². The van der Waals surface area contributed by atoms with Crippen LogP contribution >= 0.6 is 0 Å². The van der Waals surface area contributed by atoms with Crippen molar-refractivity contribution in [2.75, 3.05) is 33.3 Å². The lowest BCUT2D eigenvalue weighted by atomic mass is 9.87. The van der Waals surface area contributed by atoms with Crippen molar-refractivity contribution < 1.29 is 19.1 Å². The van der Waals surface area contributed by atoms with Crippen molar-refractivity contribution in [3.05, 3.63) is 29.8 Å². The molecule has 7 nitrogen and oxygen atoms in total. The van der Waals surface area contributed by atoms with E-state index in [4.69, 9.17) is 4.74 Å². The molecule has 168 valence electrons. The molecule has 1 aliphatic carbocycles. The number of carbonyl (C=O) groups excluding carboxylic acids is 3. The maximum atomic E-state index is 13.3. The van der Waals surface area contributed by atoms with Gasteiger partial charge in [-0.15, -0.1) is 0 Å². The zero-order valence-corrected chi connectivity index (χ0v) is 18.3. The summed E-state index contributed by atoms with van der Waals surface area (Å²) in [5.74, 6) is 0.864. The average molecular weight is 428 g/mol. The molecule has 1 saturated carbocycles. The van der Waals surface area contributed by atoms with E-state index in [1.165, 1.54) is 0 Å². The summed E-state index contributed by atoms with van der Waals surface area (Å²) in [5.41, 5.74) is 0.612. The molecule has 1 aromatic rings. The quantitative estimate of drug-likeness (QED) is 0.756. The molecular weight excluding hydrogens is 394 g/mol. The number of amides is 3. The van der Waals surface area contributed by atoms with Crippen LogP contribution in [-0.2, 0) is 9.59 Å². The number of hydrogen-bond acceptors (Lipinski definition) is 4. The van der Waals surface area contributed by atoms with Gasteiger partial charge < -0.3 is 19.9 Å². The molecule has 1 atom stereocenters. The van der Waals surface area contributed by atoms with Gasteiger partial charge in [0.15, 0.2) is 0 Å². The Morgan fingerprint density at radius 3 is 2.32 bits per heavy atom. The van der Waals surface area contributed by atoms with Crippen LogP contribution in [-0.4, -0.2) is 66.9 Å². The van der Waals surface area contributed by atoms with Gasteiger partial charge >= 0.3 is 0 Å². The Morgan fingerprint density at radius 2 is 1.68 bits per heavy atom. The van der Waals surface area contributed by atoms with Crippen molar-refractivity contribution in [2.45, 2.75) is 51.0 Å². The summed E-state index contributed by atoms with van der Waals surface area (Å²) in [4.78, 5) is 42.5. The minimum Gasteiger partial charge on any atom is -0.497 e. The SMILES string of the molecule is COc1cccc(C(=O)N2CCC(C(NC(=O)C3CC3)C(=O)N3CCCCC3)CC2)c1. The zero-order valence-electron chi connectivity index (χ0n) is 18.3. The van der Waals surface area contributed by atoms with E-state index in [1.54, 1.807) is 19.2 Å². The number of nitrogens with one attached hydrogen (secondary N) is 1. The van der Waals surface area contributed by atoms with Crippen molar-refractivity contribution in [2.24, 2.45) is 11.8 Å². The van der Waals surface area contributed by atoms with Crippen LogP contribution in [0.25, 0.3) is 0 Å². The summed E-state index contributed by atoms with van der Waals surface area (Å²) in [5, 5.41) is 3.09. The van der Waals surface area contributed by atoms with E-state index in [0.717, 1.165) is 45.2 Å². The largest absolute Gasteiger partial charge is 0.497 e. The van der Waals surface area contributed by atoms with Gasteiger partial charge in [-0.3, -0.25) is 14.4 Å². The highest BCUT2D eigenvalue weighted by Gasteiger charge is 2.39. The number of rotatable bonds is 6. The second-order valence-corrected chi connectivity index (χ2v) is 9.01. The van der Waals surface area contributed by atoms with Crippen LogP contribution in [0, 0.1) is 11.8 Å². The molecule has 0 radical (unpaired) electrons. The molecule has 2 heterocycles. The molecule has 0 spiro atoms. The minimum atomic E-state index is -0.472. The summed E-state index contributed by atoms with van der Waals surface area (Å²) < 4.78 is 5.23. The van der Waals surface area contributed by atoms with Gasteiger partial charge in [0.25, 0.3) is 5.91 Å². The predicted molar refractivity (Wildman–Crippen MR) is 117 cm³/mol. The molecule has 3 amide bonds. The monoisotopic (exact) mass is 427 g/mol. The van der Waals surface area contributed by atoms with E-state index in [9.17, 15) is 14.4 Å². The normalized spacial score (nSPS) is 20.8. The lowest BCUT2D eigenvalue weighted by Gasteiger charge is -2.38. The second-order valence-electron chi connectivity index (χ2n) is 9.01. The maximum Gasteiger partial charge on any atom is 0.253 e. The molecule has 0 bridgehead atoms. The molecular formula is C24H33N3O4. The molecule has 1 N–H and O–H groups in total. The number of hydrogen-bond donors (Lipinski definition) is 1. The number of likely N-dealkylation sites (tertiary alicyclic amines) is 2. The van der Waals surface area contributed by atoms with Crippen LogP contribution in [0.3, 0.4) is 0 Å². The Balaban J connectivity index is 1.40. The molecule has 31 heavy (non-hydrogen) atoms. The van der Waals surface area contributed by atoms with Gasteiger partial charge in [-0.2, -0.15) is 0 Å². The van der Waals surface area contributed by atoms with Gasteiger partial charge in [0.05, 0.1) is 7.11 Å². The Bertz CT molecular complexity index is 809. The molecule has 2 saturated heterocycles. The summed E-state index contributed by atoms with van der Waals surface area (Å²) in [6, 6.07) is 6.73. The molecule has 7 heteroatoms. The van der Waals surface area contributed by atoms with Crippen molar-refractivity contribution in [3.63, 3.8) is 0 Å². The summed E-state index contributed by atoms with van der Waals surface area (Å²) in [6.07, 6.45) is 6.49. The van der Waals surface area contributed by atoms with Crippen LogP contribution in [0.5, 0.6) is 5.75 Å². The highest BCUT2D eigenvalue weighted by Crippen LogP contribution is 2.31. The van der Waals surface area contributed by atoms with E-state index in [0.29, 0.717) is 37.2 Å². The molecule has 1 unspecified atom stereocenters. The Morgan fingerprint density at radius 1 is 0.968 bits per heavy atom.